The molecule has 9 heteroatoms. The summed E-state index contributed by atoms with van der Waals surface area (Å²) in [4.78, 5) is 27.0. The zero-order chi connectivity index (χ0) is 20.4. The van der Waals surface area contributed by atoms with E-state index in [0.29, 0.717) is 11.1 Å². The molecule has 2 aromatic carbocycles. The molecular formula is C20H14N4O5. The Balaban J connectivity index is 1.48. The zero-order valence-electron chi connectivity index (χ0n) is 15.2. The standard InChI is InChI=1S/C20H14N4O5/c1-12(28-20(25)17-11-8-13-4-2-3-5-16(13)21-17)18-22-23-19(29-18)14-6-9-15(10-7-14)24(26)27/h2-12H,1H3/t12-/m1/s1. The van der Waals surface area contributed by atoms with Gasteiger partial charge in [-0.05, 0) is 31.2 Å². The van der Waals surface area contributed by atoms with Crippen molar-refractivity contribution in [1.82, 2.24) is 15.2 Å². The second kappa shape index (κ2) is 7.47. The van der Waals surface area contributed by atoms with E-state index in [1.807, 2.05) is 24.3 Å². The van der Waals surface area contributed by atoms with Crippen molar-refractivity contribution in [3.8, 4) is 11.5 Å². The number of nitro benzene ring substituents is 1. The van der Waals surface area contributed by atoms with Crippen LogP contribution in [-0.4, -0.2) is 26.1 Å². The lowest BCUT2D eigenvalue weighted by Crippen LogP contribution is -2.11. The van der Waals surface area contributed by atoms with Crippen molar-refractivity contribution in [1.29, 1.82) is 0 Å². The van der Waals surface area contributed by atoms with Crippen molar-refractivity contribution in [2.75, 3.05) is 0 Å². The summed E-state index contributed by atoms with van der Waals surface area (Å²) >= 11 is 0. The number of ether oxygens (including phenoxy) is 1. The highest BCUT2D eigenvalue weighted by molar-refractivity contribution is 5.91. The summed E-state index contributed by atoms with van der Waals surface area (Å²) in [6.07, 6.45) is -0.796. The van der Waals surface area contributed by atoms with Gasteiger partial charge in [-0.15, -0.1) is 10.2 Å². The number of para-hydroxylation sites is 1. The van der Waals surface area contributed by atoms with E-state index in [-0.39, 0.29) is 23.2 Å². The van der Waals surface area contributed by atoms with E-state index in [0.717, 1.165) is 5.39 Å². The van der Waals surface area contributed by atoms with E-state index in [4.69, 9.17) is 9.15 Å². The van der Waals surface area contributed by atoms with Crippen LogP contribution in [0.3, 0.4) is 0 Å². The van der Waals surface area contributed by atoms with Crippen molar-refractivity contribution in [2.45, 2.75) is 13.0 Å². The topological polar surface area (TPSA) is 121 Å². The summed E-state index contributed by atoms with van der Waals surface area (Å²) in [7, 11) is 0. The van der Waals surface area contributed by atoms with Crippen LogP contribution in [0, 0.1) is 10.1 Å². The maximum absolute atomic E-state index is 12.4. The Hall–Kier alpha value is -4.14. The lowest BCUT2D eigenvalue weighted by Gasteiger charge is -2.09. The molecule has 29 heavy (non-hydrogen) atoms. The maximum atomic E-state index is 12.4. The van der Waals surface area contributed by atoms with Crippen LogP contribution in [-0.2, 0) is 4.74 Å². The van der Waals surface area contributed by atoms with Gasteiger partial charge in [0.25, 0.3) is 11.6 Å². The molecule has 0 aliphatic rings. The molecule has 0 saturated carbocycles. The van der Waals surface area contributed by atoms with Crippen LogP contribution in [0.2, 0.25) is 0 Å². The summed E-state index contributed by atoms with van der Waals surface area (Å²) < 4.78 is 10.9. The molecule has 0 unspecified atom stereocenters. The van der Waals surface area contributed by atoms with Gasteiger partial charge in [0.1, 0.15) is 5.69 Å². The fourth-order valence-electron chi connectivity index (χ4n) is 2.69. The van der Waals surface area contributed by atoms with Gasteiger partial charge in [0.15, 0.2) is 6.10 Å². The summed E-state index contributed by atoms with van der Waals surface area (Å²) in [6.45, 7) is 1.60. The van der Waals surface area contributed by atoms with Gasteiger partial charge < -0.3 is 9.15 Å². The van der Waals surface area contributed by atoms with Crippen molar-refractivity contribution in [3.05, 3.63) is 82.4 Å². The fraction of sp³-hybridized carbons (Fsp3) is 0.100. The number of hydrogen-bond donors (Lipinski definition) is 0. The van der Waals surface area contributed by atoms with E-state index in [2.05, 4.69) is 15.2 Å². The molecular weight excluding hydrogens is 376 g/mol. The fourth-order valence-corrected chi connectivity index (χ4v) is 2.69. The number of fused-ring (bicyclic) bond motifs is 1. The van der Waals surface area contributed by atoms with Gasteiger partial charge in [-0.3, -0.25) is 10.1 Å². The first-order valence-corrected chi connectivity index (χ1v) is 8.66. The summed E-state index contributed by atoms with van der Waals surface area (Å²) in [5, 5.41) is 19.5. The van der Waals surface area contributed by atoms with E-state index >= 15 is 0 Å². The lowest BCUT2D eigenvalue weighted by molar-refractivity contribution is -0.384. The summed E-state index contributed by atoms with van der Waals surface area (Å²) in [5.41, 5.74) is 1.33. The van der Waals surface area contributed by atoms with Crippen molar-refractivity contribution in [3.63, 3.8) is 0 Å². The molecule has 1 atom stereocenters. The number of benzene rings is 2. The number of carbonyl (C=O) groups is 1. The Bertz CT molecular complexity index is 1200. The number of rotatable bonds is 5. The number of pyridine rings is 1. The summed E-state index contributed by atoms with van der Waals surface area (Å²) in [6, 6.07) is 16.5. The normalized spacial score (nSPS) is 11.9. The van der Waals surface area contributed by atoms with Crippen molar-refractivity contribution < 1.29 is 18.9 Å². The number of esters is 1. The average Bonchev–Trinajstić information content (AvgIpc) is 3.24. The molecule has 0 saturated heterocycles. The minimum absolute atomic E-state index is 0.0429. The number of aromatic nitrogens is 3. The van der Waals surface area contributed by atoms with Gasteiger partial charge in [0, 0.05) is 23.1 Å². The van der Waals surface area contributed by atoms with Crippen LogP contribution in [0.4, 0.5) is 5.69 Å². The minimum atomic E-state index is -0.796. The molecule has 2 aromatic heterocycles. The van der Waals surface area contributed by atoms with E-state index < -0.39 is 17.0 Å². The molecule has 0 aliphatic heterocycles. The quantitative estimate of drug-likeness (QED) is 0.283. The molecule has 2 heterocycles. The number of non-ortho nitro benzene ring substituents is 1. The minimum Gasteiger partial charge on any atom is -0.448 e. The Kier molecular flexibility index (Phi) is 4.70. The molecule has 0 fully saturated rings. The van der Waals surface area contributed by atoms with Crippen LogP contribution in [0.1, 0.15) is 29.4 Å². The first kappa shape index (κ1) is 18.2. The Labute approximate surface area is 164 Å². The van der Waals surface area contributed by atoms with Crippen LogP contribution >= 0.6 is 0 Å². The first-order chi connectivity index (χ1) is 14.0. The highest BCUT2D eigenvalue weighted by Gasteiger charge is 2.21. The molecule has 0 radical (unpaired) electrons. The van der Waals surface area contributed by atoms with E-state index in [1.54, 1.807) is 19.1 Å². The third-order valence-electron chi connectivity index (χ3n) is 4.20. The smallest absolute Gasteiger partial charge is 0.357 e. The number of nitro groups is 1. The third-order valence-corrected chi connectivity index (χ3v) is 4.20. The van der Waals surface area contributed by atoms with E-state index in [1.165, 1.54) is 24.3 Å². The summed E-state index contributed by atoms with van der Waals surface area (Å²) in [5.74, 6) is -0.340. The highest BCUT2D eigenvalue weighted by atomic mass is 16.6. The monoisotopic (exact) mass is 390 g/mol. The average molecular weight is 390 g/mol. The molecule has 4 aromatic rings. The Morgan fingerprint density at radius 2 is 1.83 bits per heavy atom. The molecule has 9 nitrogen and oxygen atoms in total. The predicted octanol–water partition coefficient (Wildman–Crippen LogP) is 4.11. The second-order valence-electron chi connectivity index (χ2n) is 6.19. The van der Waals surface area contributed by atoms with Crippen LogP contribution < -0.4 is 0 Å². The van der Waals surface area contributed by atoms with Gasteiger partial charge in [0.2, 0.25) is 5.89 Å². The highest BCUT2D eigenvalue weighted by Crippen LogP contribution is 2.25. The molecule has 0 bridgehead atoms. The third kappa shape index (κ3) is 3.79. The molecule has 0 N–H and O–H groups in total. The van der Waals surface area contributed by atoms with Crippen molar-refractivity contribution >= 4 is 22.6 Å². The van der Waals surface area contributed by atoms with Crippen LogP contribution in [0.5, 0.6) is 0 Å². The molecule has 0 amide bonds. The Morgan fingerprint density at radius 1 is 1.07 bits per heavy atom. The van der Waals surface area contributed by atoms with Crippen LogP contribution in [0.25, 0.3) is 22.4 Å². The van der Waals surface area contributed by atoms with E-state index in [9.17, 15) is 14.9 Å². The largest absolute Gasteiger partial charge is 0.448 e. The number of carbonyl (C=O) groups excluding carboxylic acids is 1. The van der Waals surface area contributed by atoms with Crippen LogP contribution in [0.15, 0.2) is 65.1 Å². The van der Waals surface area contributed by atoms with Gasteiger partial charge >= 0.3 is 5.97 Å². The zero-order valence-corrected chi connectivity index (χ0v) is 15.2. The van der Waals surface area contributed by atoms with Gasteiger partial charge in [-0.1, -0.05) is 24.3 Å². The lowest BCUT2D eigenvalue weighted by atomic mass is 10.2. The van der Waals surface area contributed by atoms with Gasteiger partial charge in [-0.25, -0.2) is 9.78 Å². The molecule has 0 aliphatic carbocycles. The SMILES string of the molecule is C[C@@H](OC(=O)c1ccc2ccccc2n1)c1nnc(-c2ccc([N+](=O)[O-])cc2)o1. The molecule has 4 rings (SSSR count). The van der Waals surface area contributed by atoms with Crippen molar-refractivity contribution in [2.24, 2.45) is 0 Å². The number of nitrogens with zero attached hydrogens (tertiary/aromatic N) is 4. The maximum Gasteiger partial charge on any atom is 0.357 e. The van der Waals surface area contributed by atoms with Gasteiger partial charge in [-0.2, -0.15) is 0 Å². The molecule has 0 spiro atoms. The number of hydrogen-bond acceptors (Lipinski definition) is 8. The second-order valence-corrected chi connectivity index (χ2v) is 6.19. The Morgan fingerprint density at radius 3 is 2.59 bits per heavy atom. The molecule has 144 valence electrons. The van der Waals surface area contributed by atoms with Gasteiger partial charge in [0.05, 0.1) is 10.4 Å². The predicted molar refractivity (Wildman–Crippen MR) is 102 cm³/mol. The first-order valence-electron chi connectivity index (χ1n) is 8.66.